The molecule has 0 amide bonds. The molecule has 0 unspecified atom stereocenters. The summed E-state index contributed by atoms with van der Waals surface area (Å²) in [4.78, 5) is 0. The molecule has 1 rings (SSSR count). The first kappa shape index (κ1) is 9.68. The first-order chi connectivity index (χ1) is 5.46. The van der Waals surface area contributed by atoms with Crippen molar-refractivity contribution in [2.75, 3.05) is 0 Å². The van der Waals surface area contributed by atoms with Crippen LogP contribution in [-0.2, 0) is 0 Å². The second-order valence-electron chi connectivity index (χ2n) is 2.19. The molecule has 0 aliphatic heterocycles. The van der Waals surface area contributed by atoms with Crippen LogP contribution in [-0.4, -0.2) is 0 Å². The molecule has 0 nitrogen and oxygen atoms in total. The fraction of sp³-hybridized carbons (Fsp3) is 0.143. The van der Waals surface area contributed by atoms with Crippen LogP contribution in [0.1, 0.15) is 5.56 Å². The lowest BCUT2D eigenvalue weighted by Crippen LogP contribution is -1.96. The van der Waals surface area contributed by atoms with E-state index in [-0.39, 0.29) is 0 Å². The highest BCUT2D eigenvalue weighted by molar-refractivity contribution is 6.42. The topological polar surface area (TPSA) is 0 Å². The molecule has 0 aromatic heterocycles. The minimum Gasteiger partial charge on any atom is -0.205 e. The molecule has 0 radical (unpaired) electrons. The van der Waals surface area contributed by atoms with Crippen molar-refractivity contribution in [3.63, 3.8) is 0 Å². The Labute approximate surface area is 76.9 Å². The molecule has 0 spiro atoms. The van der Waals surface area contributed by atoms with Crippen molar-refractivity contribution in [3.05, 3.63) is 33.1 Å². The van der Waals surface area contributed by atoms with E-state index in [1.165, 1.54) is 0 Å². The molecule has 0 aliphatic rings. The average Bonchev–Trinajstić information content (AvgIpc) is 2.08. The van der Waals surface area contributed by atoms with Crippen LogP contribution in [0.4, 0.5) is 13.2 Å². The van der Waals surface area contributed by atoms with Crippen LogP contribution in [0, 0.1) is 24.4 Å². The summed E-state index contributed by atoms with van der Waals surface area (Å²) in [6.45, 7) is 1.08. The van der Waals surface area contributed by atoms with Crippen LogP contribution in [0.25, 0.3) is 0 Å². The molecule has 1 aromatic carbocycles. The summed E-state index contributed by atoms with van der Waals surface area (Å²) in [5.41, 5.74) is -0.470. The Bertz CT molecular complexity index is 231. The van der Waals surface area contributed by atoms with E-state index in [1.54, 1.807) is 0 Å². The van der Waals surface area contributed by atoms with Crippen LogP contribution in [0.15, 0.2) is 0 Å². The molecule has 0 saturated carbocycles. The minimum absolute atomic E-state index is 0.470. The molecule has 0 N–H and O–H groups in total. The van der Waals surface area contributed by atoms with Gasteiger partial charge in [-0.2, -0.15) is 0 Å². The summed E-state index contributed by atoms with van der Waals surface area (Å²) < 4.78 is 38.2. The van der Waals surface area contributed by atoms with Gasteiger partial charge in [-0.05, 0) is 6.92 Å². The maximum Gasteiger partial charge on any atom is 0.179 e. The lowest BCUT2D eigenvalue weighted by Gasteiger charge is -2.04. The SMILES string of the molecule is Cc1c(F)c(F)c(Cl)c(Cl)c1F. The van der Waals surface area contributed by atoms with E-state index < -0.39 is 33.1 Å². The molecular formula is C7H3Cl2F3. The predicted molar refractivity (Wildman–Crippen MR) is 41.1 cm³/mol. The minimum atomic E-state index is -1.32. The zero-order chi connectivity index (χ0) is 9.46. The van der Waals surface area contributed by atoms with Crippen LogP contribution in [0.2, 0.25) is 10.0 Å². The molecule has 66 valence electrons. The van der Waals surface area contributed by atoms with E-state index in [2.05, 4.69) is 0 Å². The van der Waals surface area contributed by atoms with Gasteiger partial charge in [-0.1, -0.05) is 23.2 Å². The van der Waals surface area contributed by atoms with Crippen LogP contribution in [0.3, 0.4) is 0 Å². The Morgan fingerprint density at radius 2 is 1.25 bits per heavy atom. The fourth-order valence-corrected chi connectivity index (χ4v) is 1.11. The Morgan fingerprint density at radius 1 is 0.833 bits per heavy atom. The third-order valence-electron chi connectivity index (χ3n) is 1.43. The average molecular weight is 215 g/mol. The number of halogens is 5. The van der Waals surface area contributed by atoms with Gasteiger partial charge in [0.05, 0.1) is 5.02 Å². The quantitative estimate of drug-likeness (QED) is 0.457. The van der Waals surface area contributed by atoms with Gasteiger partial charge in [0.25, 0.3) is 0 Å². The first-order valence-electron chi connectivity index (χ1n) is 2.94. The second kappa shape index (κ2) is 3.15. The Morgan fingerprint density at radius 3 is 1.75 bits per heavy atom. The summed E-state index contributed by atoms with van der Waals surface area (Å²) in [7, 11) is 0. The summed E-state index contributed by atoms with van der Waals surface area (Å²) >= 11 is 10.4. The van der Waals surface area contributed by atoms with Gasteiger partial charge in [-0.25, -0.2) is 13.2 Å². The van der Waals surface area contributed by atoms with Crippen molar-refractivity contribution >= 4 is 23.2 Å². The van der Waals surface area contributed by atoms with E-state index in [4.69, 9.17) is 23.2 Å². The molecule has 0 bridgehead atoms. The van der Waals surface area contributed by atoms with Gasteiger partial charge < -0.3 is 0 Å². The van der Waals surface area contributed by atoms with Gasteiger partial charge in [0.2, 0.25) is 0 Å². The van der Waals surface area contributed by atoms with E-state index in [1.807, 2.05) is 0 Å². The number of rotatable bonds is 0. The summed E-state index contributed by atoms with van der Waals surface area (Å²) in [5, 5.41) is -1.31. The van der Waals surface area contributed by atoms with E-state index in [0.29, 0.717) is 0 Å². The molecule has 0 fully saturated rings. The maximum atomic E-state index is 12.8. The normalized spacial score (nSPS) is 10.5. The Balaban J connectivity index is 3.60. The van der Waals surface area contributed by atoms with Gasteiger partial charge in [-0.15, -0.1) is 0 Å². The largest absolute Gasteiger partial charge is 0.205 e. The highest BCUT2D eigenvalue weighted by Gasteiger charge is 2.19. The molecule has 0 aliphatic carbocycles. The molecule has 12 heavy (non-hydrogen) atoms. The van der Waals surface area contributed by atoms with E-state index >= 15 is 0 Å². The highest BCUT2D eigenvalue weighted by atomic mass is 35.5. The standard InChI is InChI=1S/C7H3Cl2F3/c1-2-5(10)3(8)4(9)7(12)6(2)11/h1H3. The third kappa shape index (κ3) is 1.27. The summed E-state index contributed by atoms with van der Waals surface area (Å²) in [6, 6.07) is 0. The number of hydrogen-bond acceptors (Lipinski definition) is 0. The monoisotopic (exact) mass is 214 g/mol. The van der Waals surface area contributed by atoms with Gasteiger partial charge in [-0.3, -0.25) is 0 Å². The van der Waals surface area contributed by atoms with Crippen molar-refractivity contribution in [3.8, 4) is 0 Å². The molecule has 1 aromatic rings. The molecular weight excluding hydrogens is 212 g/mol. The van der Waals surface area contributed by atoms with Crippen molar-refractivity contribution in [1.82, 2.24) is 0 Å². The molecule has 0 saturated heterocycles. The van der Waals surface area contributed by atoms with E-state index in [9.17, 15) is 13.2 Å². The summed E-state index contributed by atoms with van der Waals surface area (Å²) in [5.74, 6) is -3.65. The van der Waals surface area contributed by atoms with Crippen molar-refractivity contribution < 1.29 is 13.2 Å². The smallest absolute Gasteiger partial charge is 0.179 e. The maximum absolute atomic E-state index is 12.8. The van der Waals surface area contributed by atoms with Crippen molar-refractivity contribution in [1.29, 1.82) is 0 Å². The van der Waals surface area contributed by atoms with Gasteiger partial charge in [0.15, 0.2) is 11.6 Å². The lowest BCUT2D eigenvalue weighted by molar-refractivity contribution is 0.487. The van der Waals surface area contributed by atoms with Gasteiger partial charge in [0, 0.05) is 5.56 Å². The second-order valence-corrected chi connectivity index (χ2v) is 2.95. The van der Waals surface area contributed by atoms with Crippen molar-refractivity contribution in [2.24, 2.45) is 0 Å². The van der Waals surface area contributed by atoms with Crippen LogP contribution < -0.4 is 0 Å². The van der Waals surface area contributed by atoms with E-state index in [0.717, 1.165) is 6.92 Å². The lowest BCUT2D eigenvalue weighted by atomic mass is 10.2. The Kier molecular flexibility index (Phi) is 2.54. The van der Waals surface area contributed by atoms with Crippen LogP contribution >= 0.6 is 23.2 Å². The Hall–Kier alpha value is -0.410. The first-order valence-corrected chi connectivity index (χ1v) is 3.70. The van der Waals surface area contributed by atoms with Crippen LogP contribution in [0.5, 0.6) is 0 Å². The molecule has 0 atom stereocenters. The highest BCUT2D eigenvalue weighted by Crippen LogP contribution is 2.31. The summed E-state index contributed by atoms with van der Waals surface area (Å²) in [6.07, 6.45) is 0. The van der Waals surface area contributed by atoms with Gasteiger partial charge >= 0.3 is 0 Å². The molecule has 5 heteroatoms. The van der Waals surface area contributed by atoms with Gasteiger partial charge in [0.1, 0.15) is 10.8 Å². The van der Waals surface area contributed by atoms with Crippen molar-refractivity contribution in [2.45, 2.75) is 6.92 Å². The molecule has 0 heterocycles. The predicted octanol–water partition coefficient (Wildman–Crippen LogP) is 3.72. The number of benzene rings is 1. The fourth-order valence-electron chi connectivity index (χ4n) is 0.715. The third-order valence-corrected chi connectivity index (χ3v) is 2.24. The number of hydrogen-bond donors (Lipinski definition) is 0. The zero-order valence-electron chi connectivity index (χ0n) is 5.89. The zero-order valence-corrected chi connectivity index (χ0v) is 7.40.